The fraction of sp³-hybridized carbons (Fsp3) is 0.0714. The SMILES string of the molecule is Cc1nc2ccccc2n1-c1cc(C(=N)N)ccn1. The minimum absolute atomic E-state index is 0.0331. The molecule has 1 aromatic carbocycles. The number of hydrogen-bond acceptors (Lipinski definition) is 3. The van der Waals surface area contributed by atoms with Crippen LogP contribution in [0.3, 0.4) is 0 Å². The Kier molecular flexibility index (Phi) is 2.52. The van der Waals surface area contributed by atoms with Crippen LogP contribution in [0, 0.1) is 12.3 Å². The third kappa shape index (κ3) is 1.85. The summed E-state index contributed by atoms with van der Waals surface area (Å²) in [7, 11) is 0. The van der Waals surface area contributed by atoms with E-state index in [2.05, 4.69) is 9.97 Å². The zero-order valence-corrected chi connectivity index (χ0v) is 10.5. The van der Waals surface area contributed by atoms with Crippen LogP contribution in [0.25, 0.3) is 16.9 Å². The average Bonchev–Trinajstić information content (AvgIpc) is 2.74. The Morgan fingerprint density at radius 3 is 2.84 bits per heavy atom. The van der Waals surface area contributed by atoms with Crippen LogP contribution < -0.4 is 5.73 Å². The number of nitrogens with two attached hydrogens (primary N) is 1. The molecule has 0 saturated carbocycles. The van der Waals surface area contributed by atoms with E-state index in [0.29, 0.717) is 5.56 Å². The predicted molar refractivity (Wildman–Crippen MR) is 74.6 cm³/mol. The van der Waals surface area contributed by atoms with Gasteiger partial charge >= 0.3 is 0 Å². The van der Waals surface area contributed by atoms with Gasteiger partial charge in [-0.15, -0.1) is 0 Å². The molecule has 0 aliphatic heterocycles. The van der Waals surface area contributed by atoms with E-state index in [-0.39, 0.29) is 5.84 Å². The van der Waals surface area contributed by atoms with Crippen LogP contribution >= 0.6 is 0 Å². The molecule has 0 aliphatic rings. The van der Waals surface area contributed by atoms with Gasteiger partial charge in [0.05, 0.1) is 11.0 Å². The maximum atomic E-state index is 7.50. The van der Waals surface area contributed by atoms with Gasteiger partial charge in [0.1, 0.15) is 17.5 Å². The number of imidazole rings is 1. The van der Waals surface area contributed by atoms with Gasteiger partial charge in [0.25, 0.3) is 0 Å². The maximum absolute atomic E-state index is 7.50. The van der Waals surface area contributed by atoms with Gasteiger partial charge in [0.15, 0.2) is 0 Å². The van der Waals surface area contributed by atoms with Crippen molar-refractivity contribution in [3.05, 3.63) is 54.0 Å². The molecule has 3 rings (SSSR count). The summed E-state index contributed by atoms with van der Waals surface area (Å²) in [6.07, 6.45) is 1.65. The molecule has 0 atom stereocenters. The molecule has 0 bridgehead atoms. The molecule has 5 nitrogen and oxygen atoms in total. The van der Waals surface area contributed by atoms with Gasteiger partial charge in [0, 0.05) is 11.8 Å². The van der Waals surface area contributed by atoms with E-state index < -0.39 is 0 Å². The van der Waals surface area contributed by atoms with Crippen LogP contribution in [0.1, 0.15) is 11.4 Å². The molecule has 94 valence electrons. The normalized spacial score (nSPS) is 10.8. The highest BCUT2D eigenvalue weighted by atomic mass is 15.1. The first-order chi connectivity index (χ1) is 9.16. The number of pyridine rings is 1. The fourth-order valence-electron chi connectivity index (χ4n) is 2.14. The van der Waals surface area contributed by atoms with Gasteiger partial charge in [0.2, 0.25) is 0 Å². The number of aryl methyl sites for hydroxylation is 1. The number of rotatable bonds is 2. The van der Waals surface area contributed by atoms with Crippen molar-refractivity contribution in [2.24, 2.45) is 5.73 Å². The van der Waals surface area contributed by atoms with E-state index in [1.807, 2.05) is 35.8 Å². The highest BCUT2D eigenvalue weighted by Crippen LogP contribution is 2.20. The minimum atomic E-state index is 0.0331. The Morgan fingerprint density at radius 2 is 2.05 bits per heavy atom. The summed E-state index contributed by atoms with van der Waals surface area (Å²) in [5.74, 6) is 1.61. The summed E-state index contributed by atoms with van der Waals surface area (Å²) in [4.78, 5) is 8.85. The Labute approximate surface area is 110 Å². The zero-order chi connectivity index (χ0) is 13.4. The second-order valence-corrected chi connectivity index (χ2v) is 4.30. The highest BCUT2D eigenvalue weighted by Gasteiger charge is 2.10. The number of aromatic nitrogens is 3. The number of benzene rings is 1. The lowest BCUT2D eigenvalue weighted by Crippen LogP contribution is -2.12. The van der Waals surface area contributed by atoms with Crippen LogP contribution in [-0.2, 0) is 0 Å². The van der Waals surface area contributed by atoms with Crippen molar-refractivity contribution in [3.8, 4) is 5.82 Å². The number of nitrogen functional groups attached to an aromatic ring is 1. The van der Waals surface area contributed by atoms with Crippen molar-refractivity contribution in [3.63, 3.8) is 0 Å². The monoisotopic (exact) mass is 251 g/mol. The van der Waals surface area contributed by atoms with Gasteiger partial charge in [-0.2, -0.15) is 0 Å². The Hall–Kier alpha value is -2.69. The van der Waals surface area contributed by atoms with Crippen molar-refractivity contribution >= 4 is 16.9 Å². The topological polar surface area (TPSA) is 80.6 Å². The lowest BCUT2D eigenvalue weighted by Gasteiger charge is -2.07. The molecular weight excluding hydrogens is 238 g/mol. The van der Waals surface area contributed by atoms with E-state index in [1.165, 1.54) is 0 Å². The van der Waals surface area contributed by atoms with E-state index >= 15 is 0 Å². The molecule has 19 heavy (non-hydrogen) atoms. The summed E-state index contributed by atoms with van der Waals surface area (Å²) in [5, 5.41) is 7.50. The molecule has 0 radical (unpaired) electrons. The lowest BCUT2D eigenvalue weighted by molar-refractivity contribution is 0.956. The van der Waals surface area contributed by atoms with Gasteiger partial charge < -0.3 is 5.73 Å². The molecule has 0 saturated heterocycles. The second kappa shape index (κ2) is 4.20. The third-order valence-corrected chi connectivity index (χ3v) is 3.01. The van der Waals surface area contributed by atoms with Crippen LogP contribution in [0.5, 0.6) is 0 Å². The van der Waals surface area contributed by atoms with Crippen LogP contribution in [0.2, 0.25) is 0 Å². The molecule has 0 fully saturated rings. The summed E-state index contributed by atoms with van der Waals surface area (Å²) in [6.45, 7) is 1.93. The molecular formula is C14H13N5. The third-order valence-electron chi connectivity index (χ3n) is 3.01. The first-order valence-electron chi connectivity index (χ1n) is 5.92. The average molecular weight is 251 g/mol. The standard InChI is InChI=1S/C14H13N5/c1-9-18-11-4-2-3-5-12(11)19(9)13-8-10(14(15)16)6-7-17-13/h2-8H,1H3,(H3,15,16). The van der Waals surface area contributed by atoms with Crippen LogP contribution in [-0.4, -0.2) is 20.4 Å². The summed E-state index contributed by atoms with van der Waals surface area (Å²) < 4.78 is 1.96. The van der Waals surface area contributed by atoms with Crippen LogP contribution in [0.4, 0.5) is 0 Å². The van der Waals surface area contributed by atoms with Gasteiger partial charge in [-0.1, -0.05) is 12.1 Å². The number of amidine groups is 1. The van der Waals surface area contributed by atoms with E-state index in [0.717, 1.165) is 22.7 Å². The van der Waals surface area contributed by atoms with Crippen LogP contribution in [0.15, 0.2) is 42.6 Å². The molecule has 3 aromatic rings. The maximum Gasteiger partial charge on any atom is 0.139 e. The fourth-order valence-corrected chi connectivity index (χ4v) is 2.14. The molecule has 2 heterocycles. The van der Waals surface area contributed by atoms with Crippen molar-refractivity contribution in [1.82, 2.24) is 14.5 Å². The minimum Gasteiger partial charge on any atom is -0.384 e. The van der Waals surface area contributed by atoms with Gasteiger partial charge in [-0.25, -0.2) is 9.97 Å². The smallest absolute Gasteiger partial charge is 0.139 e. The van der Waals surface area contributed by atoms with E-state index in [4.69, 9.17) is 11.1 Å². The number of nitrogens with one attached hydrogen (secondary N) is 1. The Balaban J connectivity index is 2.27. The number of nitrogens with zero attached hydrogens (tertiary/aromatic N) is 3. The van der Waals surface area contributed by atoms with Crippen molar-refractivity contribution in [1.29, 1.82) is 5.41 Å². The lowest BCUT2D eigenvalue weighted by atomic mass is 10.2. The quantitative estimate of drug-likeness (QED) is 0.540. The number of fused-ring (bicyclic) bond motifs is 1. The molecule has 0 spiro atoms. The molecule has 2 aromatic heterocycles. The molecule has 5 heteroatoms. The van der Waals surface area contributed by atoms with E-state index in [1.54, 1.807) is 18.3 Å². The number of hydrogen-bond donors (Lipinski definition) is 2. The first-order valence-corrected chi connectivity index (χ1v) is 5.92. The Morgan fingerprint density at radius 1 is 1.26 bits per heavy atom. The summed E-state index contributed by atoms with van der Waals surface area (Å²) >= 11 is 0. The molecule has 3 N–H and O–H groups in total. The van der Waals surface area contributed by atoms with E-state index in [9.17, 15) is 0 Å². The summed E-state index contributed by atoms with van der Waals surface area (Å²) in [5.41, 5.74) is 8.09. The van der Waals surface area contributed by atoms with Crippen molar-refractivity contribution < 1.29 is 0 Å². The molecule has 0 amide bonds. The Bertz CT molecular complexity index is 772. The second-order valence-electron chi connectivity index (χ2n) is 4.30. The first kappa shape index (κ1) is 11.4. The number of para-hydroxylation sites is 2. The highest BCUT2D eigenvalue weighted by molar-refractivity contribution is 5.95. The van der Waals surface area contributed by atoms with Crippen molar-refractivity contribution in [2.45, 2.75) is 6.92 Å². The van der Waals surface area contributed by atoms with Crippen molar-refractivity contribution in [2.75, 3.05) is 0 Å². The molecule has 0 unspecified atom stereocenters. The summed E-state index contributed by atoms with van der Waals surface area (Å²) in [6, 6.07) is 11.4. The van der Waals surface area contributed by atoms with Gasteiger partial charge in [-0.3, -0.25) is 9.98 Å². The van der Waals surface area contributed by atoms with Gasteiger partial charge in [-0.05, 0) is 31.2 Å². The molecule has 0 aliphatic carbocycles. The zero-order valence-electron chi connectivity index (χ0n) is 10.5. The largest absolute Gasteiger partial charge is 0.384 e. The predicted octanol–water partition coefficient (Wildman–Crippen LogP) is 2.01.